The summed E-state index contributed by atoms with van der Waals surface area (Å²) in [5, 5.41) is 2.82. The Kier molecular flexibility index (Phi) is 6.23. The van der Waals surface area contributed by atoms with E-state index in [-0.39, 0.29) is 24.1 Å². The lowest BCUT2D eigenvalue weighted by Crippen LogP contribution is -2.44. The molecule has 2 heterocycles. The minimum atomic E-state index is -3.27. The summed E-state index contributed by atoms with van der Waals surface area (Å²) in [5.41, 5.74) is 2.04. The van der Waals surface area contributed by atoms with E-state index in [1.54, 1.807) is 12.3 Å². The van der Waals surface area contributed by atoms with Gasteiger partial charge >= 0.3 is 0 Å². The average Bonchev–Trinajstić information content (AvgIpc) is 2.69. The van der Waals surface area contributed by atoms with Gasteiger partial charge in [-0.25, -0.2) is 17.7 Å². The molecule has 1 aromatic heterocycles. The average molecular weight is 388 g/mol. The molecule has 0 radical (unpaired) electrons. The van der Waals surface area contributed by atoms with Crippen LogP contribution in [-0.2, 0) is 14.8 Å². The number of nitrogens with one attached hydrogen (secondary N) is 1. The zero-order valence-electron chi connectivity index (χ0n) is 15.5. The standard InChI is InChI=1S/C20H25N3O3S/c1-2-13-27(25,26)23-12-6-9-18(15-23)20(24)22-19-11-10-17(14-21-19)16-7-4-3-5-8-16/h3-5,7-8,10-11,14,18H,2,6,9,12-13,15H2,1H3,(H,21,22,24). The van der Waals surface area contributed by atoms with E-state index < -0.39 is 10.0 Å². The summed E-state index contributed by atoms with van der Waals surface area (Å²) in [6.45, 7) is 2.59. The Morgan fingerprint density at radius 3 is 2.63 bits per heavy atom. The number of carbonyl (C=O) groups is 1. The quantitative estimate of drug-likeness (QED) is 0.826. The van der Waals surface area contributed by atoms with Crippen molar-refractivity contribution in [2.75, 3.05) is 24.2 Å². The van der Waals surface area contributed by atoms with E-state index >= 15 is 0 Å². The molecular formula is C20H25N3O3S. The highest BCUT2D eigenvalue weighted by Crippen LogP contribution is 2.22. The number of sulfonamides is 1. The molecule has 3 rings (SSSR count). The van der Waals surface area contributed by atoms with Crippen LogP contribution in [0.1, 0.15) is 26.2 Å². The van der Waals surface area contributed by atoms with Crippen molar-refractivity contribution in [1.29, 1.82) is 0 Å². The topological polar surface area (TPSA) is 79.4 Å². The normalized spacial score (nSPS) is 18.2. The summed E-state index contributed by atoms with van der Waals surface area (Å²) in [6.07, 6.45) is 3.69. The lowest BCUT2D eigenvalue weighted by atomic mass is 9.99. The lowest BCUT2D eigenvalue weighted by molar-refractivity contribution is -0.120. The molecule has 0 saturated carbocycles. The summed E-state index contributed by atoms with van der Waals surface area (Å²) in [6, 6.07) is 13.6. The molecule has 1 amide bonds. The molecule has 6 nitrogen and oxygen atoms in total. The van der Waals surface area contributed by atoms with Crippen LogP contribution in [0.25, 0.3) is 11.1 Å². The van der Waals surface area contributed by atoms with Crippen LogP contribution in [0.15, 0.2) is 48.7 Å². The number of aromatic nitrogens is 1. The van der Waals surface area contributed by atoms with Crippen LogP contribution in [0.4, 0.5) is 5.82 Å². The second kappa shape index (κ2) is 8.63. The van der Waals surface area contributed by atoms with Crippen molar-refractivity contribution in [3.05, 3.63) is 48.7 Å². The fraction of sp³-hybridized carbons (Fsp3) is 0.400. The van der Waals surface area contributed by atoms with Crippen molar-refractivity contribution < 1.29 is 13.2 Å². The maximum absolute atomic E-state index is 12.6. The summed E-state index contributed by atoms with van der Waals surface area (Å²) in [5.74, 6) is 0.0877. The van der Waals surface area contributed by atoms with Crippen molar-refractivity contribution in [1.82, 2.24) is 9.29 Å². The SMILES string of the molecule is CCCS(=O)(=O)N1CCCC(C(=O)Nc2ccc(-c3ccccc3)cn2)C1. The van der Waals surface area contributed by atoms with Crippen molar-refractivity contribution in [2.45, 2.75) is 26.2 Å². The first-order valence-corrected chi connectivity index (χ1v) is 10.9. The van der Waals surface area contributed by atoms with Gasteiger partial charge in [-0.3, -0.25) is 4.79 Å². The molecule has 2 aromatic rings. The molecule has 7 heteroatoms. The van der Waals surface area contributed by atoms with E-state index in [1.165, 1.54) is 4.31 Å². The van der Waals surface area contributed by atoms with Gasteiger partial charge in [0, 0.05) is 24.8 Å². The highest BCUT2D eigenvalue weighted by atomic mass is 32.2. The van der Waals surface area contributed by atoms with Gasteiger partial charge < -0.3 is 5.32 Å². The summed E-state index contributed by atoms with van der Waals surface area (Å²) in [7, 11) is -3.27. The van der Waals surface area contributed by atoms with Crippen molar-refractivity contribution >= 4 is 21.7 Å². The number of hydrogen-bond acceptors (Lipinski definition) is 4. The highest BCUT2D eigenvalue weighted by molar-refractivity contribution is 7.89. The predicted octanol–water partition coefficient (Wildman–Crippen LogP) is 3.14. The molecule has 0 spiro atoms. The zero-order valence-corrected chi connectivity index (χ0v) is 16.3. The number of benzene rings is 1. The largest absolute Gasteiger partial charge is 0.310 e. The summed E-state index contributed by atoms with van der Waals surface area (Å²) in [4.78, 5) is 16.9. The molecule has 0 bridgehead atoms. The first-order valence-electron chi connectivity index (χ1n) is 9.30. The first-order chi connectivity index (χ1) is 13.0. The van der Waals surface area contributed by atoms with Crippen LogP contribution in [0.3, 0.4) is 0 Å². The fourth-order valence-electron chi connectivity index (χ4n) is 3.29. The maximum Gasteiger partial charge on any atom is 0.229 e. The van der Waals surface area contributed by atoms with Gasteiger partial charge in [-0.15, -0.1) is 0 Å². The monoisotopic (exact) mass is 387 g/mol. The van der Waals surface area contributed by atoms with Gasteiger partial charge in [-0.2, -0.15) is 0 Å². The molecule has 1 aromatic carbocycles. The van der Waals surface area contributed by atoms with Crippen LogP contribution in [0, 0.1) is 5.92 Å². The number of carbonyl (C=O) groups excluding carboxylic acids is 1. The molecule has 1 unspecified atom stereocenters. The molecule has 1 aliphatic rings. The smallest absolute Gasteiger partial charge is 0.229 e. The highest BCUT2D eigenvalue weighted by Gasteiger charge is 2.31. The second-order valence-electron chi connectivity index (χ2n) is 6.80. The van der Waals surface area contributed by atoms with Crippen LogP contribution in [0.2, 0.25) is 0 Å². The van der Waals surface area contributed by atoms with E-state index in [2.05, 4.69) is 10.3 Å². The van der Waals surface area contributed by atoms with Crippen LogP contribution >= 0.6 is 0 Å². The molecule has 144 valence electrons. The molecule has 1 atom stereocenters. The summed E-state index contributed by atoms with van der Waals surface area (Å²) < 4.78 is 26.0. The van der Waals surface area contributed by atoms with Gasteiger partial charge in [0.05, 0.1) is 11.7 Å². The van der Waals surface area contributed by atoms with Crippen LogP contribution in [0.5, 0.6) is 0 Å². The minimum absolute atomic E-state index is 0.129. The predicted molar refractivity (Wildman–Crippen MR) is 107 cm³/mol. The molecule has 1 N–H and O–H groups in total. The Bertz CT molecular complexity index is 867. The molecule has 27 heavy (non-hydrogen) atoms. The third kappa shape index (κ3) is 4.93. The molecule has 1 saturated heterocycles. The number of piperidine rings is 1. The maximum atomic E-state index is 12.6. The van der Waals surface area contributed by atoms with E-state index in [0.29, 0.717) is 31.6 Å². The van der Waals surface area contributed by atoms with Gasteiger partial charge in [0.1, 0.15) is 5.82 Å². The van der Waals surface area contributed by atoms with Gasteiger partial charge in [-0.1, -0.05) is 37.3 Å². The van der Waals surface area contributed by atoms with Crippen LogP contribution < -0.4 is 5.32 Å². The second-order valence-corrected chi connectivity index (χ2v) is 8.89. The Morgan fingerprint density at radius 2 is 1.96 bits per heavy atom. The van der Waals surface area contributed by atoms with Crippen molar-refractivity contribution in [2.24, 2.45) is 5.92 Å². The number of amides is 1. The molecule has 1 fully saturated rings. The summed E-state index contributed by atoms with van der Waals surface area (Å²) >= 11 is 0. The van der Waals surface area contributed by atoms with E-state index in [9.17, 15) is 13.2 Å². The number of anilines is 1. The van der Waals surface area contributed by atoms with E-state index in [0.717, 1.165) is 11.1 Å². The van der Waals surface area contributed by atoms with Crippen LogP contribution in [-0.4, -0.2) is 42.5 Å². The van der Waals surface area contributed by atoms with Crippen molar-refractivity contribution in [3.63, 3.8) is 0 Å². The Morgan fingerprint density at radius 1 is 1.19 bits per heavy atom. The molecule has 0 aliphatic carbocycles. The number of pyridine rings is 1. The van der Waals surface area contributed by atoms with Gasteiger partial charge in [0.25, 0.3) is 0 Å². The van der Waals surface area contributed by atoms with Gasteiger partial charge in [0.15, 0.2) is 0 Å². The van der Waals surface area contributed by atoms with Crippen molar-refractivity contribution in [3.8, 4) is 11.1 Å². The first kappa shape index (κ1) is 19.5. The molecular weight excluding hydrogens is 362 g/mol. The number of hydrogen-bond donors (Lipinski definition) is 1. The fourth-order valence-corrected chi connectivity index (χ4v) is 4.88. The minimum Gasteiger partial charge on any atom is -0.310 e. The number of nitrogens with zero attached hydrogens (tertiary/aromatic N) is 2. The Labute approximate surface area is 160 Å². The Balaban J connectivity index is 1.63. The third-order valence-corrected chi connectivity index (χ3v) is 6.77. The van der Waals surface area contributed by atoms with Gasteiger partial charge in [0.2, 0.25) is 15.9 Å². The van der Waals surface area contributed by atoms with Gasteiger partial charge in [-0.05, 0) is 37.0 Å². The van der Waals surface area contributed by atoms with E-state index in [4.69, 9.17) is 0 Å². The third-order valence-electron chi connectivity index (χ3n) is 4.73. The number of rotatable bonds is 6. The zero-order chi connectivity index (χ0) is 19.3. The molecule has 1 aliphatic heterocycles. The lowest BCUT2D eigenvalue weighted by Gasteiger charge is -2.31. The van der Waals surface area contributed by atoms with E-state index in [1.807, 2.05) is 43.3 Å². The Hall–Kier alpha value is -2.25.